The van der Waals surface area contributed by atoms with E-state index in [1.807, 2.05) is 30.3 Å². The first-order valence-electron chi connectivity index (χ1n) is 10.1. The number of Topliss-reactive ketones (excluding diaryl/α,β-unsaturated/α-hetero) is 1. The third-order valence-corrected chi connectivity index (χ3v) is 6.01. The maximum atomic E-state index is 14.1. The van der Waals surface area contributed by atoms with Gasteiger partial charge in [0.15, 0.2) is 5.78 Å². The van der Waals surface area contributed by atoms with Gasteiger partial charge in [-0.3, -0.25) is 4.79 Å². The Bertz CT molecular complexity index is 913. The molecule has 4 nitrogen and oxygen atoms in total. The van der Waals surface area contributed by atoms with Gasteiger partial charge in [0.25, 0.3) is 0 Å². The Morgan fingerprint density at radius 1 is 0.967 bits per heavy atom. The molecule has 2 heterocycles. The Morgan fingerprint density at radius 2 is 1.57 bits per heavy atom. The van der Waals surface area contributed by atoms with E-state index in [4.69, 9.17) is 4.74 Å². The van der Waals surface area contributed by atoms with E-state index in [1.165, 1.54) is 0 Å². The standard InChI is InChI=1S/C23H22F3NO3/c24-16-11-19(25)21(20(26)12-16)22(28)15-9-17-7-4-8-18(10-15)27(17)23(29)30-13-14-5-2-1-3-6-14/h1-3,5-6,11-12,15,17-18H,4,7-10,13H2. The van der Waals surface area contributed by atoms with Crippen molar-refractivity contribution < 1.29 is 27.5 Å². The van der Waals surface area contributed by atoms with Crippen LogP contribution in [0, 0.1) is 23.4 Å². The molecule has 2 atom stereocenters. The lowest BCUT2D eigenvalue weighted by molar-refractivity contribution is 0.00454. The fraction of sp³-hybridized carbons (Fsp3) is 0.391. The fourth-order valence-electron chi connectivity index (χ4n) is 4.67. The monoisotopic (exact) mass is 417 g/mol. The summed E-state index contributed by atoms with van der Waals surface area (Å²) in [6.07, 6.45) is 2.51. The Morgan fingerprint density at radius 3 is 2.17 bits per heavy atom. The van der Waals surface area contributed by atoms with Crippen molar-refractivity contribution in [3.8, 4) is 0 Å². The van der Waals surface area contributed by atoms with Gasteiger partial charge in [0, 0.05) is 30.1 Å². The summed E-state index contributed by atoms with van der Waals surface area (Å²) < 4.78 is 46.8. The highest BCUT2D eigenvalue weighted by atomic mass is 19.1. The lowest BCUT2D eigenvalue weighted by Crippen LogP contribution is -2.55. The van der Waals surface area contributed by atoms with Crippen LogP contribution in [0.2, 0.25) is 0 Å². The molecule has 158 valence electrons. The van der Waals surface area contributed by atoms with Crippen LogP contribution in [-0.4, -0.2) is 28.9 Å². The predicted octanol–water partition coefficient (Wildman–Crippen LogP) is 5.26. The molecular weight excluding hydrogens is 395 g/mol. The molecule has 1 amide bonds. The Labute approximate surface area is 172 Å². The molecule has 2 unspecified atom stereocenters. The van der Waals surface area contributed by atoms with Crippen LogP contribution in [0.1, 0.15) is 48.0 Å². The van der Waals surface area contributed by atoms with Crippen molar-refractivity contribution in [1.29, 1.82) is 0 Å². The molecule has 2 fully saturated rings. The van der Waals surface area contributed by atoms with E-state index < -0.39 is 40.8 Å². The number of rotatable bonds is 4. The number of benzene rings is 2. The molecule has 4 rings (SSSR count). The van der Waals surface area contributed by atoms with Crippen LogP contribution in [0.3, 0.4) is 0 Å². The van der Waals surface area contributed by atoms with Gasteiger partial charge in [-0.05, 0) is 37.7 Å². The summed E-state index contributed by atoms with van der Waals surface area (Å²) in [6.45, 7) is 0.157. The normalized spacial score (nSPS) is 23.2. The second-order valence-electron chi connectivity index (χ2n) is 7.96. The number of piperidine rings is 2. The van der Waals surface area contributed by atoms with E-state index in [0.29, 0.717) is 37.8 Å². The second-order valence-corrected chi connectivity index (χ2v) is 7.96. The van der Waals surface area contributed by atoms with Crippen LogP contribution in [0.4, 0.5) is 18.0 Å². The van der Waals surface area contributed by atoms with Crippen molar-refractivity contribution in [2.75, 3.05) is 0 Å². The summed E-state index contributed by atoms with van der Waals surface area (Å²) in [6, 6.07) is 9.94. The van der Waals surface area contributed by atoms with E-state index >= 15 is 0 Å². The van der Waals surface area contributed by atoms with Gasteiger partial charge in [0.1, 0.15) is 24.1 Å². The summed E-state index contributed by atoms with van der Waals surface area (Å²) in [7, 11) is 0. The highest BCUT2D eigenvalue weighted by molar-refractivity contribution is 5.98. The van der Waals surface area contributed by atoms with Crippen molar-refractivity contribution in [1.82, 2.24) is 4.90 Å². The molecule has 30 heavy (non-hydrogen) atoms. The molecule has 2 aliphatic rings. The first-order chi connectivity index (χ1) is 14.4. The van der Waals surface area contributed by atoms with E-state index in [9.17, 15) is 22.8 Å². The number of fused-ring (bicyclic) bond motifs is 2. The smallest absolute Gasteiger partial charge is 0.410 e. The minimum atomic E-state index is -1.19. The largest absolute Gasteiger partial charge is 0.445 e. The Kier molecular flexibility index (Phi) is 5.79. The van der Waals surface area contributed by atoms with Crippen LogP contribution in [0.5, 0.6) is 0 Å². The number of carbonyl (C=O) groups is 2. The summed E-state index contributed by atoms with van der Waals surface area (Å²) in [5, 5.41) is 0. The Hall–Kier alpha value is -2.83. The molecule has 2 aromatic rings. The van der Waals surface area contributed by atoms with Crippen LogP contribution in [-0.2, 0) is 11.3 Å². The van der Waals surface area contributed by atoms with E-state index in [1.54, 1.807) is 4.90 Å². The average Bonchev–Trinajstić information content (AvgIpc) is 2.71. The van der Waals surface area contributed by atoms with Gasteiger partial charge in [-0.25, -0.2) is 18.0 Å². The number of hydrogen-bond donors (Lipinski definition) is 0. The van der Waals surface area contributed by atoms with Crippen LogP contribution >= 0.6 is 0 Å². The Balaban J connectivity index is 1.47. The van der Waals surface area contributed by atoms with E-state index in [0.717, 1.165) is 12.0 Å². The molecule has 2 bridgehead atoms. The third kappa shape index (κ3) is 4.06. The summed E-state index contributed by atoms with van der Waals surface area (Å²) in [5.41, 5.74) is 0.183. The number of amides is 1. The van der Waals surface area contributed by atoms with E-state index in [2.05, 4.69) is 0 Å². The maximum absolute atomic E-state index is 14.1. The summed E-state index contributed by atoms with van der Waals surface area (Å²) in [4.78, 5) is 27.3. The summed E-state index contributed by atoms with van der Waals surface area (Å²) in [5.74, 6) is -4.72. The van der Waals surface area contributed by atoms with Crippen LogP contribution in [0.15, 0.2) is 42.5 Å². The first kappa shape index (κ1) is 20.4. The average molecular weight is 417 g/mol. The van der Waals surface area contributed by atoms with Gasteiger partial charge in [-0.2, -0.15) is 0 Å². The number of ether oxygens (including phenoxy) is 1. The second kappa shape index (κ2) is 8.50. The fourth-order valence-corrected chi connectivity index (χ4v) is 4.67. The minimum Gasteiger partial charge on any atom is -0.445 e. The van der Waals surface area contributed by atoms with Crippen molar-refractivity contribution in [2.45, 2.75) is 50.8 Å². The zero-order valence-corrected chi connectivity index (χ0v) is 16.3. The maximum Gasteiger partial charge on any atom is 0.410 e. The quantitative estimate of drug-likeness (QED) is 0.638. The lowest BCUT2D eigenvalue weighted by atomic mass is 9.75. The molecule has 2 aromatic carbocycles. The number of nitrogens with zero attached hydrogens (tertiary/aromatic N) is 1. The van der Waals surface area contributed by atoms with Crippen molar-refractivity contribution in [3.05, 3.63) is 71.0 Å². The zero-order chi connectivity index (χ0) is 21.3. The molecule has 2 saturated heterocycles. The lowest BCUT2D eigenvalue weighted by Gasteiger charge is -2.47. The zero-order valence-electron chi connectivity index (χ0n) is 16.3. The molecule has 0 spiro atoms. The highest BCUT2D eigenvalue weighted by Gasteiger charge is 2.44. The van der Waals surface area contributed by atoms with Gasteiger partial charge in [0.2, 0.25) is 0 Å². The van der Waals surface area contributed by atoms with Crippen LogP contribution < -0.4 is 0 Å². The molecule has 2 aliphatic heterocycles. The highest BCUT2D eigenvalue weighted by Crippen LogP contribution is 2.39. The number of ketones is 1. The van der Waals surface area contributed by atoms with Crippen molar-refractivity contribution >= 4 is 11.9 Å². The van der Waals surface area contributed by atoms with Crippen LogP contribution in [0.25, 0.3) is 0 Å². The van der Waals surface area contributed by atoms with E-state index in [-0.39, 0.29) is 18.7 Å². The molecule has 0 N–H and O–H groups in total. The molecule has 7 heteroatoms. The van der Waals surface area contributed by atoms with Crippen molar-refractivity contribution in [2.24, 2.45) is 5.92 Å². The van der Waals surface area contributed by atoms with Gasteiger partial charge in [0.05, 0.1) is 5.56 Å². The van der Waals surface area contributed by atoms with Gasteiger partial charge < -0.3 is 9.64 Å². The number of hydrogen-bond acceptors (Lipinski definition) is 3. The topological polar surface area (TPSA) is 46.6 Å². The van der Waals surface area contributed by atoms with Gasteiger partial charge in [-0.1, -0.05) is 30.3 Å². The van der Waals surface area contributed by atoms with Crippen molar-refractivity contribution in [3.63, 3.8) is 0 Å². The van der Waals surface area contributed by atoms with Gasteiger partial charge in [-0.15, -0.1) is 0 Å². The summed E-state index contributed by atoms with van der Waals surface area (Å²) >= 11 is 0. The molecule has 0 aliphatic carbocycles. The third-order valence-electron chi connectivity index (χ3n) is 6.01. The molecule has 0 radical (unpaired) electrons. The molecule has 0 aromatic heterocycles. The predicted molar refractivity (Wildman–Crippen MR) is 103 cm³/mol. The molecular formula is C23H22F3NO3. The number of carbonyl (C=O) groups excluding carboxylic acids is 2. The minimum absolute atomic E-state index is 0.157. The molecule has 0 saturated carbocycles. The van der Waals surface area contributed by atoms with Gasteiger partial charge >= 0.3 is 6.09 Å². The SMILES string of the molecule is O=C(c1c(F)cc(F)cc1F)C1CC2CCCC(C1)N2C(=O)OCc1ccccc1. The first-order valence-corrected chi connectivity index (χ1v) is 10.1. The number of halogens is 3.